The van der Waals surface area contributed by atoms with Gasteiger partial charge < -0.3 is 5.11 Å². The fraction of sp³-hybridized carbons (Fsp3) is 0. The molecule has 3 rings (SSSR count). The Morgan fingerprint density at radius 2 is 1.48 bits per heavy atom. The maximum absolute atomic E-state index is 10.1. The van der Waals surface area contributed by atoms with Crippen LogP contribution in [0.25, 0.3) is 11.1 Å². The number of phenolic OH excluding ortho intramolecular Hbond substituents is 1. The smallest absolute Gasteiger partial charge is 0.129 e. The zero-order valence-electron chi connectivity index (χ0n) is 11.2. The van der Waals surface area contributed by atoms with E-state index in [0.29, 0.717) is 5.02 Å². The van der Waals surface area contributed by atoms with Gasteiger partial charge in [0.15, 0.2) is 0 Å². The summed E-state index contributed by atoms with van der Waals surface area (Å²) in [6.45, 7) is 0. The van der Waals surface area contributed by atoms with E-state index in [1.165, 1.54) is 11.8 Å². The zero-order chi connectivity index (χ0) is 14.7. The maximum atomic E-state index is 10.1. The van der Waals surface area contributed by atoms with E-state index in [1.54, 1.807) is 6.07 Å². The van der Waals surface area contributed by atoms with E-state index in [2.05, 4.69) is 12.1 Å². The molecular weight excluding hydrogens is 300 g/mol. The summed E-state index contributed by atoms with van der Waals surface area (Å²) in [5.41, 5.74) is 2.22. The van der Waals surface area contributed by atoms with Crippen molar-refractivity contribution in [2.24, 2.45) is 0 Å². The van der Waals surface area contributed by atoms with Crippen LogP contribution in [0.1, 0.15) is 0 Å². The van der Waals surface area contributed by atoms with Crippen molar-refractivity contribution in [2.75, 3.05) is 0 Å². The third-order valence-corrected chi connectivity index (χ3v) is 4.42. The average molecular weight is 313 g/mol. The first-order valence-electron chi connectivity index (χ1n) is 6.54. The van der Waals surface area contributed by atoms with Crippen LogP contribution in [0.5, 0.6) is 5.75 Å². The van der Waals surface area contributed by atoms with Crippen molar-refractivity contribution in [2.45, 2.75) is 9.79 Å². The van der Waals surface area contributed by atoms with Crippen LogP contribution in [0.2, 0.25) is 5.02 Å². The van der Waals surface area contributed by atoms with Crippen LogP contribution in [-0.2, 0) is 0 Å². The molecule has 3 aromatic rings. The molecule has 0 aliphatic heterocycles. The quantitative estimate of drug-likeness (QED) is 0.653. The summed E-state index contributed by atoms with van der Waals surface area (Å²) in [5.74, 6) is 0.287. The summed E-state index contributed by atoms with van der Waals surface area (Å²) in [7, 11) is 0. The normalized spacial score (nSPS) is 10.5. The molecule has 0 saturated heterocycles. The Morgan fingerprint density at radius 3 is 2.19 bits per heavy atom. The number of benzene rings is 3. The van der Waals surface area contributed by atoms with Crippen molar-refractivity contribution < 1.29 is 5.11 Å². The van der Waals surface area contributed by atoms with Crippen molar-refractivity contribution in [1.29, 1.82) is 0 Å². The number of halogens is 1. The summed E-state index contributed by atoms with van der Waals surface area (Å²) < 4.78 is 0. The van der Waals surface area contributed by atoms with E-state index in [-0.39, 0.29) is 5.75 Å². The van der Waals surface area contributed by atoms with Gasteiger partial charge >= 0.3 is 0 Å². The minimum atomic E-state index is 0.287. The Labute approximate surface area is 133 Å². The molecule has 0 amide bonds. The summed E-state index contributed by atoms with van der Waals surface area (Å²) in [6, 6.07) is 23.4. The minimum Gasteiger partial charge on any atom is -0.507 e. The lowest BCUT2D eigenvalue weighted by Crippen LogP contribution is -1.80. The van der Waals surface area contributed by atoms with Gasteiger partial charge in [0, 0.05) is 9.92 Å². The first kappa shape index (κ1) is 14.1. The van der Waals surface area contributed by atoms with E-state index in [9.17, 15) is 5.11 Å². The van der Waals surface area contributed by atoms with Crippen molar-refractivity contribution >= 4 is 23.4 Å². The first-order valence-corrected chi connectivity index (χ1v) is 7.74. The van der Waals surface area contributed by atoms with Gasteiger partial charge in [-0.05, 0) is 47.5 Å². The summed E-state index contributed by atoms with van der Waals surface area (Å²) in [6.07, 6.45) is 0. The number of aromatic hydroxyl groups is 1. The van der Waals surface area contributed by atoms with Crippen molar-refractivity contribution in [3.8, 4) is 16.9 Å². The van der Waals surface area contributed by atoms with Gasteiger partial charge in [-0.25, -0.2) is 0 Å². The molecule has 0 unspecified atom stereocenters. The Balaban J connectivity index is 1.93. The molecule has 1 N–H and O–H groups in total. The molecular formula is C18H13ClOS. The van der Waals surface area contributed by atoms with Crippen LogP contribution in [0.4, 0.5) is 0 Å². The van der Waals surface area contributed by atoms with Crippen molar-refractivity contribution in [3.63, 3.8) is 0 Å². The highest BCUT2D eigenvalue weighted by molar-refractivity contribution is 7.99. The predicted molar refractivity (Wildman–Crippen MR) is 89.1 cm³/mol. The topological polar surface area (TPSA) is 20.2 Å². The fourth-order valence-electron chi connectivity index (χ4n) is 2.04. The van der Waals surface area contributed by atoms with Gasteiger partial charge in [0.1, 0.15) is 5.75 Å². The summed E-state index contributed by atoms with van der Waals surface area (Å²) in [4.78, 5) is 1.87. The van der Waals surface area contributed by atoms with Crippen LogP contribution in [0, 0.1) is 0 Å². The highest BCUT2D eigenvalue weighted by Gasteiger charge is 2.06. The molecule has 0 heterocycles. The molecule has 104 valence electrons. The molecule has 0 radical (unpaired) electrons. The molecule has 1 nitrogen and oxygen atoms in total. The number of rotatable bonds is 3. The van der Waals surface area contributed by atoms with Crippen molar-refractivity contribution in [1.82, 2.24) is 0 Å². The third-order valence-electron chi connectivity index (χ3n) is 3.11. The van der Waals surface area contributed by atoms with Crippen molar-refractivity contribution in [3.05, 3.63) is 77.8 Å². The minimum absolute atomic E-state index is 0.287. The lowest BCUT2D eigenvalue weighted by molar-refractivity contribution is 0.462. The lowest BCUT2D eigenvalue weighted by Gasteiger charge is -2.08. The molecule has 0 aliphatic rings. The van der Waals surface area contributed by atoms with Gasteiger partial charge in [0.25, 0.3) is 0 Å². The number of hydrogen-bond donors (Lipinski definition) is 1. The molecule has 0 fully saturated rings. The van der Waals surface area contributed by atoms with Gasteiger partial charge in [-0.3, -0.25) is 0 Å². The number of hydrogen-bond acceptors (Lipinski definition) is 2. The lowest BCUT2D eigenvalue weighted by atomic mass is 10.1. The summed E-state index contributed by atoms with van der Waals surface area (Å²) in [5, 5.41) is 10.8. The second-order valence-electron chi connectivity index (χ2n) is 4.60. The van der Waals surface area contributed by atoms with E-state index >= 15 is 0 Å². The molecule has 3 heteroatoms. The zero-order valence-corrected chi connectivity index (χ0v) is 12.7. The second-order valence-corrected chi connectivity index (χ2v) is 6.16. The molecule has 0 spiro atoms. The van der Waals surface area contributed by atoms with Crippen LogP contribution in [0.3, 0.4) is 0 Å². The first-order chi connectivity index (χ1) is 10.2. The van der Waals surface area contributed by atoms with Crippen LogP contribution in [0.15, 0.2) is 82.6 Å². The van der Waals surface area contributed by atoms with Crippen LogP contribution < -0.4 is 0 Å². The molecule has 0 aromatic heterocycles. The monoisotopic (exact) mass is 312 g/mol. The summed E-state index contributed by atoms with van der Waals surface area (Å²) >= 11 is 7.42. The molecule has 21 heavy (non-hydrogen) atoms. The van der Waals surface area contributed by atoms with Crippen LogP contribution in [-0.4, -0.2) is 5.11 Å². The van der Waals surface area contributed by atoms with Crippen LogP contribution >= 0.6 is 23.4 Å². The van der Waals surface area contributed by atoms with Gasteiger partial charge in [0.2, 0.25) is 0 Å². The Kier molecular flexibility index (Phi) is 4.18. The molecule has 0 atom stereocenters. The van der Waals surface area contributed by atoms with E-state index in [4.69, 9.17) is 11.6 Å². The van der Waals surface area contributed by atoms with E-state index in [0.717, 1.165) is 20.9 Å². The van der Waals surface area contributed by atoms with Gasteiger partial charge in [0.05, 0.1) is 4.90 Å². The fourth-order valence-corrected chi connectivity index (χ4v) is 3.05. The number of phenols is 1. The van der Waals surface area contributed by atoms with Gasteiger partial charge in [-0.1, -0.05) is 59.8 Å². The standard InChI is InChI=1S/C18H13ClOS/c19-15-7-9-16(10-8-15)21-18-12-14(6-11-17(18)20)13-4-2-1-3-5-13/h1-12,20H. The maximum Gasteiger partial charge on any atom is 0.129 e. The Morgan fingerprint density at radius 1 is 0.762 bits per heavy atom. The third kappa shape index (κ3) is 3.41. The second kappa shape index (κ2) is 6.25. The SMILES string of the molecule is Oc1ccc(-c2ccccc2)cc1Sc1ccc(Cl)cc1. The highest BCUT2D eigenvalue weighted by Crippen LogP contribution is 2.37. The predicted octanol–water partition coefficient (Wildman–Crippen LogP) is 5.86. The highest BCUT2D eigenvalue weighted by atomic mass is 35.5. The van der Waals surface area contributed by atoms with Gasteiger partial charge in [-0.2, -0.15) is 0 Å². The molecule has 0 bridgehead atoms. The van der Waals surface area contributed by atoms with E-state index in [1.807, 2.05) is 54.6 Å². The molecule has 0 saturated carbocycles. The Bertz CT molecular complexity index is 739. The average Bonchev–Trinajstić information content (AvgIpc) is 2.52. The largest absolute Gasteiger partial charge is 0.507 e. The van der Waals surface area contributed by atoms with E-state index < -0.39 is 0 Å². The van der Waals surface area contributed by atoms with Gasteiger partial charge in [-0.15, -0.1) is 0 Å². The molecule has 3 aromatic carbocycles. The molecule has 0 aliphatic carbocycles. The Hall–Kier alpha value is -1.90.